The van der Waals surface area contributed by atoms with Gasteiger partial charge in [0.15, 0.2) is 0 Å². The van der Waals surface area contributed by atoms with Crippen LogP contribution in [-0.2, 0) is 11.3 Å². The quantitative estimate of drug-likeness (QED) is 0.830. The van der Waals surface area contributed by atoms with Crippen LogP contribution in [-0.4, -0.2) is 28.4 Å². The van der Waals surface area contributed by atoms with E-state index in [9.17, 15) is 4.79 Å². The summed E-state index contributed by atoms with van der Waals surface area (Å²) >= 11 is 7.66. The highest BCUT2D eigenvalue weighted by Crippen LogP contribution is 2.35. The predicted molar refractivity (Wildman–Crippen MR) is 75.8 cm³/mol. The van der Waals surface area contributed by atoms with Crippen LogP contribution >= 0.6 is 23.4 Å². The Kier molecular flexibility index (Phi) is 3.46. The van der Waals surface area contributed by atoms with Crippen molar-refractivity contribution in [2.24, 2.45) is 0 Å². The van der Waals surface area contributed by atoms with E-state index in [2.05, 4.69) is 11.0 Å². The van der Waals surface area contributed by atoms with Gasteiger partial charge in [-0.25, -0.2) is 0 Å². The molecule has 1 fully saturated rings. The van der Waals surface area contributed by atoms with Crippen molar-refractivity contribution in [3.8, 4) is 0 Å². The second-order valence-corrected chi connectivity index (χ2v) is 6.35. The molecule has 2 aliphatic heterocycles. The molecule has 1 aromatic carbocycles. The van der Waals surface area contributed by atoms with E-state index in [0.717, 1.165) is 36.6 Å². The topological polar surface area (TPSA) is 20.3 Å². The summed E-state index contributed by atoms with van der Waals surface area (Å²) in [5, 5.41) is 1.47. The molecule has 0 N–H and O–H groups in total. The highest BCUT2D eigenvalue weighted by molar-refractivity contribution is 8.15. The molecular weight excluding hydrogens is 266 g/mol. The molecule has 18 heavy (non-hydrogen) atoms. The monoisotopic (exact) mass is 279 g/mol. The maximum absolute atomic E-state index is 11.4. The largest absolute Gasteiger partial charge is 0.295 e. The minimum Gasteiger partial charge on any atom is -0.295 e. The first-order valence-electron chi connectivity index (χ1n) is 6.09. The molecule has 1 atom stereocenters. The third-order valence-corrected chi connectivity index (χ3v) is 4.98. The number of hydrogen-bond donors (Lipinski definition) is 0. The molecule has 0 radical (unpaired) electrons. The lowest BCUT2D eigenvalue weighted by Crippen LogP contribution is -2.35. The van der Waals surface area contributed by atoms with Gasteiger partial charge in [0, 0.05) is 29.9 Å². The number of carbonyl (C=O) groups is 1. The van der Waals surface area contributed by atoms with Crippen LogP contribution in [0.3, 0.4) is 0 Å². The second-order valence-electron chi connectivity index (χ2n) is 4.74. The van der Waals surface area contributed by atoms with Crippen LogP contribution in [0, 0.1) is 0 Å². The van der Waals surface area contributed by atoms with Gasteiger partial charge in [0.1, 0.15) is 0 Å². The van der Waals surface area contributed by atoms with E-state index in [0.29, 0.717) is 5.25 Å². The Morgan fingerprint density at radius 3 is 3.06 bits per heavy atom. The van der Waals surface area contributed by atoms with Gasteiger partial charge >= 0.3 is 0 Å². The molecule has 2 nitrogen and oxygen atoms in total. The number of thioether (sulfide) groups is 1. The van der Waals surface area contributed by atoms with Gasteiger partial charge in [-0.2, -0.15) is 0 Å². The van der Waals surface area contributed by atoms with Crippen molar-refractivity contribution in [2.45, 2.75) is 18.2 Å². The predicted octanol–water partition coefficient (Wildman–Crippen LogP) is 3.11. The summed E-state index contributed by atoms with van der Waals surface area (Å²) in [6.45, 7) is 2.80. The Morgan fingerprint density at radius 1 is 1.39 bits per heavy atom. The van der Waals surface area contributed by atoms with Gasteiger partial charge in [-0.3, -0.25) is 9.69 Å². The second kappa shape index (κ2) is 5.08. The molecule has 0 spiro atoms. The van der Waals surface area contributed by atoms with Crippen LogP contribution in [0.2, 0.25) is 5.02 Å². The number of rotatable bonds is 2. The molecule has 94 valence electrons. The zero-order chi connectivity index (χ0) is 12.5. The summed E-state index contributed by atoms with van der Waals surface area (Å²) in [5.41, 5.74) is 2.44. The Morgan fingerprint density at radius 2 is 2.22 bits per heavy atom. The van der Waals surface area contributed by atoms with E-state index in [1.54, 1.807) is 0 Å². The smallest absolute Gasteiger partial charge is 0.212 e. The van der Waals surface area contributed by atoms with Crippen molar-refractivity contribution in [3.05, 3.63) is 46.5 Å². The number of nitrogens with zero attached hydrogens (tertiary/aromatic N) is 1. The third-order valence-electron chi connectivity index (χ3n) is 3.44. The lowest BCUT2D eigenvalue weighted by Gasteiger charge is -2.31. The van der Waals surface area contributed by atoms with Crippen LogP contribution in [0.4, 0.5) is 0 Å². The number of fused-ring (bicyclic) bond motifs is 1. The van der Waals surface area contributed by atoms with Gasteiger partial charge < -0.3 is 0 Å². The molecule has 0 saturated carbocycles. The fourth-order valence-electron chi connectivity index (χ4n) is 2.53. The fraction of sp³-hybridized carbons (Fsp3) is 0.357. The molecule has 4 heteroatoms. The van der Waals surface area contributed by atoms with Crippen LogP contribution in [0.25, 0.3) is 0 Å². The number of hydrogen-bond acceptors (Lipinski definition) is 3. The number of likely N-dealkylation sites (tertiary alicyclic amines) is 1. The van der Waals surface area contributed by atoms with Gasteiger partial charge in [-0.1, -0.05) is 41.6 Å². The van der Waals surface area contributed by atoms with E-state index in [1.165, 1.54) is 17.3 Å². The summed E-state index contributed by atoms with van der Waals surface area (Å²) in [5.74, 6) is 0. The first kappa shape index (κ1) is 12.3. The van der Waals surface area contributed by atoms with Crippen LogP contribution in [0.1, 0.15) is 12.0 Å². The third kappa shape index (κ3) is 2.48. The molecule has 2 aliphatic rings. The average molecular weight is 280 g/mol. The van der Waals surface area contributed by atoms with E-state index in [4.69, 9.17) is 11.6 Å². The molecule has 1 aromatic rings. The Labute approximate surface area is 116 Å². The van der Waals surface area contributed by atoms with E-state index in [1.807, 2.05) is 24.3 Å². The normalized spacial score (nSPS) is 23.9. The molecule has 1 saturated heterocycles. The van der Waals surface area contributed by atoms with Gasteiger partial charge in [0.25, 0.3) is 0 Å². The molecule has 0 unspecified atom stereocenters. The number of carbonyl (C=O) groups excluding carboxylic acids is 1. The molecule has 0 amide bonds. The molecule has 0 aliphatic carbocycles. The highest BCUT2D eigenvalue weighted by atomic mass is 35.5. The highest BCUT2D eigenvalue weighted by Gasteiger charge is 2.30. The average Bonchev–Trinajstić information content (AvgIpc) is 2.71. The van der Waals surface area contributed by atoms with Gasteiger partial charge in [-0.05, 0) is 29.7 Å². The minimum atomic E-state index is 0.217. The molecule has 2 heterocycles. The van der Waals surface area contributed by atoms with Crippen molar-refractivity contribution in [3.63, 3.8) is 0 Å². The summed E-state index contributed by atoms with van der Waals surface area (Å²) in [4.78, 5) is 13.7. The first-order chi connectivity index (χ1) is 8.72. The summed E-state index contributed by atoms with van der Waals surface area (Å²) in [7, 11) is 0. The zero-order valence-electron chi connectivity index (χ0n) is 9.93. The fourth-order valence-corrected chi connectivity index (χ4v) is 3.74. The lowest BCUT2D eigenvalue weighted by atomic mass is 10.0. The Hall–Kier alpha value is -0.770. The summed E-state index contributed by atoms with van der Waals surface area (Å²) < 4.78 is 0. The van der Waals surface area contributed by atoms with Gasteiger partial charge in [0.2, 0.25) is 5.12 Å². The molecule has 0 aromatic heterocycles. The standard InChI is InChI=1S/C14H14ClNOS/c15-12-4-2-1-3-10(12)8-16-6-5-13-11(9-16)7-14(17)18-13/h1-4,7,13H,5-6,8-9H2/t13-/m0/s1. The van der Waals surface area contributed by atoms with Crippen molar-refractivity contribution in [1.82, 2.24) is 4.90 Å². The summed E-state index contributed by atoms with van der Waals surface area (Å²) in [6, 6.07) is 7.96. The van der Waals surface area contributed by atoms with Crippen molar-refractivity contribution >= 4 is 28.5 Å². The van der Waals surface area contributed by atoms with Crippen LogP contribution in [0.5, 0.6) is 0 Å². The Bertz CT molecular complexity index is 514. The van der Waals surface area contributed by atoms with E-state index in [-0.39, 0.29) is 5.12 Å². The minimum absolute atomic E-state index is 0.217. The van der Waals surface area contributed by atoms with Gasteiger partial charge in [-0.15, -0.1) is 0 Å². The number of piperidine rings is 1. The van der Waals surface area contributed by atoms with Crippen molar-refractivity contribution in [1.29, 1.82) is 0 Å². The van der Waals surface area contributed by atoms with Gasteiger partial charge in [0.05, 0.1) is 0 Å². The maximum atomic E-state index is 11.4. The SMILES string of the molecule is O=C1C=C2CN(Cc3ccccc3Cl)CC[C@@H]2S1. The van der Waals surface area contributed by atoms with E-state index >= 15 is 0 Å². The van der Waals surface area contributed by atoms with Crippen molar-refractivity contribution < 1.29 is 4.79 Å². The van der Waals surface area contributed by atoms with Crippen LogP contribution in [0.15, 0.2) is 35.9 Å². The molecule has 0 bridgehead atoms. The van der Waals surface area contributed by atoms with E-state index < -0.39 is 0 Å². The number of benzene rings is 1. The molecular formula is C14H14ClNOS. The van der Waals surface area contributed by atoms with Crippen LogP contribution < -0.4 is 0 Å². The Balaban J connectivity index is 1.70. The first-order valence-corrected chi connectivity index (χ1v) is 7.35. The zero-order valence-corrected chi connectivity index (χ0v) is 11.5. The number of halogens is 1. The molecule has 3 rings (SSSR count). The maximum Gasteiger partial charge on any atom is 0.212 e. The lowest BCUT2D eigenvalue weighted by molar-refractivity contribution is -0.106. The van der Waals surface area contributed by atoms with Crippen molar-refractivity contribution in [2.75, 3.05) is 13.1 Å². The summed E-state index contributed by atoms with van der Waals surface area (Å²) in [6.07, 6.45) is 2.88.